The minimum absolute atomic E-state index is 0. The molecule has 3 nitrogen and oxygen atoms in total. The molecule has 0 fully saturated rings. The predicted molar refractivity (Wildman–Crippen MR) is 98.8 cm³/mol. The monoisotopic (exact) mass is 404 g/mol. The van der Waals surface area contributed by atoms with Gasteiger partial charge in [-0.25, -0.2) is 0 Å². The van der Waals surface area contributed by atoms with Gasteiger partial charge in [0.2, 0.25) is 5.52 Å². The Morgan fingerprint density at radius 2 is 1.75 bits per heavy atom. The number of aromatic nitrogens is 1. The highest BCUT2D eigenvalue weighted by Gasteiger charge is 2.17. The van der Waals surface area contributed by atoms with Gasteiger partial charge in [0.1, 0.15) is 11.3 Å². The number of thiazole rings is 1. The molecular formula is C19H21BrN2OS. The fourth-order valence-corrected chi connectivity index (χ4v) is 3.65. The normalized spacial score (nSPS) is 11.0. The smallest absolute Gasteiger partial charge is 0.262 e. The van der Waals surface area contributed by atoms with Gasteiger partial charge in [-0.1, -0.05) is 35.6 Å². The predicted octanol–water partition coefficient (Wildman–Crippen LogP) is 0.421. The molecule has 126 valence electrons. The Morgan fingerprint density at radius 3 is 2.42 bits per heavy atom. The van der Waals surface area contributed by atoms with E-state index in [0.717, 1.165) is 5.01 Å². The lowest BCUT2D eigenvalue weighted by Crippen LogP contribution is -3.00. The van der Waals surface area contributed by atoms with Crippen LogP contribution in [-0.2, 0) is 6.54 Å². The van der Waals surface area contributed by atoms with Crippen LogP contribution in [0.4, 0.5) is 5.69 Å². The van der Waals surface area contributed by atoms with Gasteiger partial charge in [-0.3, -0.25) is 0 Å². The van der Waals surface area contributed by atoms with Crippen molar-refractivity contribution in [2.24, 2.45) is 0 Å². The van der Waals surface area contributed by atoms with E-state index in [1.807, 2.05) is 20.2 Å². The van der Waals surface area contributed by atoms with Crippen LogP contribution in [0, 0.1) is 0 Å². The van der Waals surface area contributed by atoms with Crippen molar-refractivity contribution in [3.63, 3.8) is 0 Å². The summed E-state index contributed by atoms with van der Waals surface area (Å²) >= 11 is 1.75. The molecule has 3 aromatic rings. The van der Waals surface area contributed by atoms with Crippen molar-refractivity contribution in [3.05, 3.63) is 59.1 Å². The third kappa shape index (κ3) is 4.04. The van der Waals surface area contributed by atoms with E-state index in [-0.39, 0.29) is 23.6 Å². The van der Waals surface area contributed by atoms with Crippen molar-refractivity contribution < 1.29 is 26.7 Å². The Morgan fingerprint density at radius 1 is 1.04 bits per heavy atom. The van der Waals surface area contributed by atoms with Gasteiger partial charge in [0, 0.05) is 31.9 Å². The van der Waals surface area contributed by atoms with Gasteiger partial charge in [-0.15, -0.1) is 0 Å². The first-order chi connectivity index (χ1) is 11.2. The number of nitrogens with zero attached hydrogens (tertiary/aromatic N) is 2. The van der Waals surface area contributed by atoms with Crippen molar-refractivity contribution in [1.29, 1.82) is 0 Å². The molecule has 0 unspecified atom stereocenters. The lowest BCUT2D eigenvalue weighted by Gasteiger charge is -2.11. The third-order valence-electron chi connectivity index (χ3n) is 3.79. The van der Waals surface area contributed by atoms with Gasteiger partial charge in [0.05, 0.1) is 0 Å². The zero-order valence-corrected chi connectivity index (χ0v) is 16.2. The van der Waals surface area contributed by atoms with Crippen LogP contribution < -0.4 is 26.4 Å². The van der Waals surface area contributed by atoms with Gasteiger partial charge in [0.25, 0.3) is 5.01 Å². The SMILES string of the molecule is CN(C)c1ccc(/C=C/c2sc3ccccc3[n+]2CCO)cc1.[Br-]. The van der Waals surface area contributed by atoms with Crippen LogP contribution in [0.2, 0.25) is 0 Å². The standard InChI is InChI=1S/C19H21N2OS.BrH/c1-20(2)16-10-7-15(8-11-16)9-12-19-21(13-14-22)17-5-3-4-6-18(17)23-19;/h3-12,22H,13-14H2,1-2H3;1H/q+1;/p-1. The highest BCUT2D eigenvalue weighted by atomic mass is 79.9. The Labute approximate surface area is 157 Å². The maximum Gasteiger partial charge on any atom is 0.262 e. The van der Waals surface area contributed by atoms with Crippen molar-refractivity contribution >= 4 is 39.4 Å². The molecule has 1 N–H and O–H groups in total. The number of aliphatic hydroxyl groups is 1. The van der Waals surface area contributed by atoms with Crippen LogP contribution >= 0.6 is 11.3 Å². The highest BCUT2D eigenvalue weighted by Crippen LogP contribution is 2.22. The second-order valence-electron chi connectivity index (χ2n) is 5.60. The summed E-state index contributed by atoms with van der Waals surface area (Å²) in [5.74, 6) is 0. The maximum absolute atomic E-state index is 9.34. The van der Waals surface area contributed by atoms with Crippen molar-refractivity contribution in [2.75, 3.05) is 25.6 Å². The van der Waals surface area contributed by atoms with Gasteiger partial charge in [-0.2, -0.15) is 4.57 Å². The number of fused-ring (bicyclic) bond motifs is 1. The number of hydrogen-bond donors (Lipinski definition) is 1. The average Bonchev–Trinajstić information content (AvgIpc) is 2.92. The van der Waals surface area contributed by atoms with E-state index in [2.05, 4.69) is 64.1 Å². The number of aliphatic hydroxyl groups excluding tert-OH is 1. The van der Waals surface area contributed by atoms with Gasteiger partial charge < -0.3 is 27.0 Å². The molecule has 5 heteroatoms. The molecule has 0 aliphatic carbocycles. The molecule has 0 saturated heterocycles. The quantitative estimate of drug-likeness (QED) is 0.624. The first-order valence-electron chi connectivity index (χ1n) is 7.67. The summed E-state index contributed by atoms with van der Waals surface area (Å²) in [4.78, 5) is 2.09. The van der Waals surface area contributed by atoms with E-state index < -0.39 is 0 Å². The van der Waals surface area contributed by atoms with Crippen LogP contribution in [0.15, 0.2) is 48.5 Å². The minimum Gasteiger partial charge on any atom is -1.00 e. The summed E-state index contributed by atoms with van der Waals surface area (Å²) in [6.45, 7) is 0.757. The highest BCUT2D eigenvalue weighted by molar-refractivity contribution is 7.18. The largest absolute Gasteiger partial charge is 1.00 e. The van der Waals surface area contributed by atoms with E-state index in [1.165, 1.54) is 21.5 Å². The molecule has 0 atom stereocenters. The second kappa shape index (κ2) is 8.42. The Hall–Kier alpha value is -1.69. The topological polar surface area (TPSA) is 27.4 Å². The van der Waals surface area contributed by atoms with Gasteiger partial charge in [-0.05, 0) is 29.8 Å². The molecule has 24 heavy (non-hydrogen) atoms. The lowest BCUT2D eigenvalue weighted by molar-refractivity contribution is -0.670. The number of rotatable bonds is 5. The molecule has 0 spiro atoms. The lowest BCUT2D eigenvalue weighted by atomic mass is 10.2. The van der Waals surface area contributed by atoms with Crippen molar-refractivity contribution in [3.8, 4) is 0 Å². The fourth-order valence-electron chi connectivity index (χ4n) is 2.56. The molecule has 0 saturated carbocycles. The van der Waals surface area contributed by atoms with Gasteiger partial charge in [0.15, 0.2) is 6.54 Å². The Kier molecular flexibility index (Phi) is 6.54. The number of benzene rings is 2. The summed E-state index contributed by atoms with van der Waals surface area (Å²) in [5, 5.41) is 10.5. The Bertz CT molecular complexity index is 825. The molecule has 3 rings (SSSR count). The fraction of sp³-hybridized carbons (Fsp3) is 0.211. The second-order valence-corrected chi connectivity index (χ2v) is 6.66. The van der Waals surface area contributed by atoms with E-state index >= 15 is 0 Å². The molecule has 0 aliphatic heterocycles. The first kappa shape index (κ1) is 18.6. The molecule has 0 radical (unpaired) electrons. The molecule has 1 heterocycles. The van der Waals surface area contributed by atoms with E-state index in [9.17, 15) is 5.11 Å². The number of anilines is 1. The summed E-state index contributed by atoms with van der Waals surface area (Å²) in [7, 11) is 4.08. The van der Waals surface area contributed by atoms with Crippen molar-refractivity contribution in [2.45, 2.75) is 6.54 Å². The zero-order valence-electron chi connectivity index (χ0n) is 13.8. The van der Waals surface area contributed by atoms with Crippen LogP contribution in [0.5, 0.6) is 0 Å². The number of para-hydroxylation sites is 1. The van der Waals surface area contributed by atoms with E-state index in [0.29, 0.717) is 6.54 Å². The molecule has 0 bridgehead atoms. The molecular weight excluding hydrogens is 384 g/mol. The van der Waals surface area contributed by atoms with E-state index in [1.54, 1.807) is 11.3 Å². The van der Waals surface area contributed by atoms with Gasteiger partial charge >= 0.3 is 0 Å². The minimum atomic E-state index is 0. The van der Waals surface area contributed by atoms with Crippen LogP contribution in [0.1, 0.15) is 10.6 Å². The van der Waals surface area contributed by atoms with Crippen LogP contribution in [-0.4, -0.2) is 25.8 Å². The number of hydrogen-bond acceptors (Lipinski definition) is 3. The number of halogens is 1. The summed E-state index contributed by atoms with van der Waals surface area (Å²) in [6.07, 6.45) is 4.25. The molecule has 0 aliphatic rings. The average molecular weight is 405 g/mol. The van der Waals surface area contributed by atoms with E-state index in [4.69, 9.17) is 0 Å². The summed E-state index contributed by atoms with van der Waals surface area (Å²) < 4.78 is 3.41. The summed E-state index contributed by atoms with van der Waals surface area (Å²) in [6, 6.07) is 16.8. The molecule has 1 aromatic heterocycles. The summed E-state index contributed by atoms with van der Waals surface area (Å²) in [5.41, 5.74) is 3.54. The zero-order chi connectivity index (χ0) is 16.2. The maximum atomic E-state index is 9.34. The molecule has 0 amide bonds. The van der Waals surface area contributed by atoms with Crippen molar-refractivity contribution in [1.82, 2.24) is 0 Å². The van der Waals surface area contributed by atoms with Crippen LogP contribution in [0.3, 0.4) is 0 Å². The molecule has 2 aromatic carbocycles. The third-order valence-corrected chi connectivity index (χ3v) is 4.92. The van der Waals surface area contributed by atoms with Crippen LogP contribution in [0.25, 0.3) is 22.4 Å². The first-order valence-corrected chi connectivity index (χ1v) is 8.48. The Balaban J connectivity index is 0.00000208.